The highest BCUT2D eigenvalue weighted by molar-refractivity contribution is 6.23. The average Bonchev–Trinajstić information content (AvgIpc) is 2.90. The molecule has 0 fully saturated rings. The van der Waals surface area contributed by atoms with Gasteiger partial charge in [-0.2, -0.15) is 0 Å². The first-order valence-corrected chi connectivity index (χ1v) is 11.5. The molecule has 0 heterocycles. The number of hydrogen-bond donors (Lipinski definition) is 0. The van der Waals surface area contributed by atoms with Crippen LogP contribution in [0.15, 0.2) is 97.1 Å². The topological polar surface area (TPSA) is 18.5 Å². The van der Waals surface area contributed by atoms with Crippen molar-refractivity contribution >= 4 is 22.3 Å². The van der Waals surface area contributed by atoms with E-state index in [9.17, 15) is 0 Å². The average molecular weight is 445 g/mol. The minimum atomic E-state index is 0.852. The summed E-state index contributed by atoms with van der Waals surface area (Å²) in [4.78, 5) is 0. The predicted octanol–water partition coefficient (Wildman–Crippen LogP) is 8.25. The molecule has 2 nitrogen and oxygen atoms in total. The van der Waals surface area contributed by atoms with Crippen LogP contribution in [0.1, 0.15) is 36.1 Å². The summed E-state index contributed by atoms with van der Waals surface area (Å²) < 4.78 is 10.9. The number of ether oxygens (including phenoxy) is 2. The van der Waals surface area contributed by atoms with E-state index in [0.717, 1.165) is 22.6 Å². The summed E-state index contributed by atoms with van der Waals surface area (Å²) in [6.45, 7) is 4.48. The lowest BCUT2D eigenvalue weighted by molar-refractivity contribution is 0.414. The fourth-order valence-electron chi connectivity index (χ4n) is 4.97. The molecule has 0 radical (unpaired) electrons. The molecule has 4 aromatic carbocycles. The number of fused-ring (bicyclic) bond motifs is 3. The van der Waals surface area contributed by atoms with Gasteiger partial charge in [-0.25, -0.2) is 0 Å². The molecule has 0 N–H and O–H groups in total. The van der Waals surface area contributed by atoms with Gasteiger partial charge in [0.25, 0.3) is 0 Å². The van der Waals surface area contributed by atoms with Crippen LogP contribution in [0.2, 0.25) is 0 Å². The minimum absolute atomic E-state index is 0.852. The van der Waals surface area contributed by atoms with Crippen molar-refractivity contribution in [2.24, 2.45) is 0 Å². The maximum Gasteiger partial charge on any atom is 0.118 e. The quantitative estimate of drug-likeness (QED) is 0.315. The molecular formula is C32H28O2. The van der Waals surface area contributed by atoms with Gasteiger partial charge in [-0.05, 0) is 93.8 Å². The summed E-state index contributed by atoms with van der Waals surface area (Å²) in [5.74, 6) is 1.70. The molecule has 0 unspecified atom stereocenters. The Morgan fingerprint density at radius 2 is 0.735 bits per heavy atom. The molecule has 2 heteroatoms. The van der Waals surface area contributed by atoms with Crippen molar-refractivity contribution in [3.63, 3.8) is 0 Å². The lowest BCUT2D eigenvalue weighted by atomic mass is 9.77. The minimum Gasteiger partial charge on any atom is -0.497 e. The third-order valence-corrected chi connectivity index (χ3v) is 6.71. The van der Waals surface area contributed by atoms with E-state index in [0.29, 0.717) is 0 Å². The first-order valence-electron chi connectivity index (χ1n) is 11.5. The van der Waals surface area contributed by atoms with Gasteiger partial charge < -0.3 is 9.47 Å². The molecule has 0 saturated carbocycles. The number of benzene rings is 4. The molecule has 168 valence electrons. The SMILES string of the molecule is COc1ccc(C2=C(\C)c3ccccc3-c3ccccc3/C(C)=C\2c2ccc(OC)cc2)cc1. The van der Waals surface area contributed by atoms with Crippen LogP contribution in [0, 0.1) is 0 Å². The molecule has 1 aliphatic rings. The lowest BCUT2D eigenvalue weighted by Crippen LogP contribution is -2.03. The van der Waals surface area contributed by atoms with Gasteiger partial charge in [-0.1, -0.05) is 72.8 Å². The van der Waals surface area contributed by atoms with E-state index in [1.807, 2.05) is 24.3 Å². The zero-order valence-corrected chi connectivity index (χ0v) is 20.1. The van der Waals surface area contributed by atoms with Crippen molar-refractivity contribution in [3.05, 3.63) is 119 Å². The van der Waals surface area contributed by atoms with E-state index in [4.69, 9.17) is 9.47 Å². The number of allylic oxidation sites excluding steroid dienone is 4. The van der Waals surface area contributed by atoms with Crippen LogP contribution >= 0.6 is 0 Å². The first-order chi connectivity index (χ1) is 16.6. The normalized spacial score (nSPS) is 17.3. The van der Waals surface area contributed by atoms with Crippen molar-refractivity contribution in [1.82, 2.24) is 0 Å². The van der Waals surface area contributed by atoms with Gasteiger partial charge in [0.05, 0.1) is 14.2 Å². The Kier molecular flexibility index (Phi) is 5.81. The lowest BCUT2D eigenvalue weighted by Gasteiger charge is -2.26. The van der Waals surface area contributed by atoms with Gasteiger partial charge in [0.15, 0.2) is 0 Å². The van der Waals surface area contributed by atoms with Crippen LogP contribution in [0.25, 0.3) is 33.4 Å². The maximum absolute atomic E-state index is 5.45. The molecule has 0 bridgehead atoms. The van der Waals surface area contributed by atoms with Crippen LogP contribution in [0.4, 0.5) is 0 Å². The Morgan fingerprint density at radius 1 is 0.412 bits per heavy atom. The Balaban J connectivity index is 1.89. The smallest absolute Gasteiger partial charge is 0.118 e. The molecule has 0 spiro atoms. The van der Waals surface area contributed by atoms with Crippen LogP contribution in [-0.4, -0.2) is 14.2 Å². The van der Waals surface area contributed by atoms with E-state index >= 15 is 0 Å². The Bertz CT molecular complexity index is 1290. The van der Waals surface area contributed by atoms with Gasteiger partial charge in [-0.15, -0.1) is 0 Å². The molecular weight excluding hydrogens is 416 g/mol. The van der Waals surface area contributed by atoms with Crippen LogP contribution < -0.4 is 9.47 Å². The first kappa shape index (κ1) is 21.8. The summed E-state index contributed by atoms with van der Waals surface area (Å²) in [6, 6.07) is 34.2. The van der Waals surface area contributed by atoms with E-state index < -0.39 is 0 Å². The Labute approximate surface area is 201 Å². The highest BCUT2D eigenvalue weighted by atomic mass is 16.5. The third kappa shape index (κ3) is 3.72. The summed E-state index contributed by atoms with van der Waals surface area (Å²) in [6.07, 6.45) is 0. The van der Waals surface area contributed by atoms with Gasteiger partial charge in [-0.3, -0.25) is 0 Å². The monoisotopic (exact) mass is 444 g/mol. The van der Waals surface area contributed by atoms with E-state index in [-0.39, 0.29) is 0 Å². The van der Waals surface area contributed by atoms with Crippen molar-refractivity contribution < 1.29 is 9.47 Å². The molecule has 4 aromatic rings. The van der Waals surface area contributed by atoms with Crippen LogP contribution in [-0.2, 0) is 0 Å². The maximum atomic E-state index is 5.45. The largest absolute Gasteiger partial charge is 0.497 e. The number of methoxy groups -OCH3 is 2. The summed E-state index contributed by atoms with van der Waals surface area (Å²) in [5.41, 5.74) is 12.3. The molecule has 1 aliphatic carbocycles. The standard InChI is InChI=1S/C32H28O2/c1-21-27-9-5-7-11-29(27)30-12-8-6-10-28(30)22(2)32(24-15-19-26(34-4)20-16-24)31(21)23-13-17-25(33-3)18-14-23/h5-20H,1-4H3/b27-21?,28-22?,30-29?,31-21-,32-22-,32-31?. The highest BCUT2D eigenvalue weighted by Gasteiger charge is 2.24. The molecule has 0 atom stereocenters. The summed E-state index contributed by atoms with van der Waals surface area (Å²) in [7, 11) is 3.41. The molecule has 0 amide bonds. The summed E-state index contributed by atoms with van der Waals surface area (Å²) in [5, 5.41) is 0. The fraction of sp³-hybridized carbons (Fsp3) is 0.125. The van der Waals surface area contributed by atoms with E-state index in [2.05, 4.69) is 86.6 Å². The van der Waals surface area contributed by atoms with E-state index in [1.165, 1.54) is 44.5 Å². The second-order valence-corrected chi connectivity index (χ2v) is 8.55. The highest BCUT2D eigenvalue weighted by Crippen LogP contribution is 2.47. The van der Waals surface area contributed by atoms with Crippen molar-refractivity contribution in [2.75, 3.05) is 14.2 Å². The predicted molar refractivity (Wildman–Crippen MR) is 143 cm³/mol. The van der Waals surface area contributed by atoms with Gasteiger partial charge in [0.2, 0.25) is 0 Å². The van der Waals surface area contributed by atoms with Crippen LogP contribution in [0.3, 0.4) is 0 Å². The molecule has 0 aromatic heterocycles. The van der Waals surface area contributed by atoms with Crippen molar-refractivity contribution in [1.29, 1.82) is 0 Å². The van der Waals surface area contributed by atoms with Gasteiger partial charge >= 0.3 is 0 Å². The van der Waals surface area contributed by atoms with E-state index in [1.54, 1.807) is 14.2 Å². The van der Waals surface area contributed by atoms with Crippen molar-refractivity contribution in [3.8, 4) is 22.6 Å². The van der Waals surface area contributed by atoms with Crippen LogP contribution in [0.5, 0.6) is 11.5 Å². The second kappa shape index (κ2) is 9.07. The number of rotatable bonds is 4. The zero-order chi connectivity index (χ0) is 23.7. The Hall–Kier alpha value is -4.04. The molecule has 5 rings (SSSR count). The second-order valence-electron chi connectivity index (χ2n) is 8.55. The van der Waals surface area contributed by atoms with Gasteiger partial charge in [0.1, 0.15) is 11.5 Å². The summed E-state index contributed by atoms with van der Waals surface area (Å²) >= 11 is 0. The molecule has 34 heavy (non-hydrogen) atoms. The number of hydrogen-bond acceptors (Lipinski definition) is 2. The van der Waals surface area contributed by atoms with Gasteiger partial charge in [0, 0.05) is 0 Å². The fourth-order valence-corrected chi connectivity index (χ4v) is 4.97. The molecule has 0 aliphatic heterocycles. The molecule has 0 saturated heterocycles. The zero-order valence-electron chi connectivity index (χ0n) is 20.1. The third-order valence-electron chi connectivity index (χ3n) is 6.71. The van der Waals surface area contributed by atoms with Crippen molar-refractivity contribution in [2.45, 2.75) is 13.8 Å². The Morgan fingerprint density at radius 3 is 1.06 bits per heavy atom.